The third-order valence-electron chi connectivity index (χ3n) is 3.15. The van der Waals surface area contributed by atoms with Gasteiger partial charge in [-0.3, -0.25) is 0 Å². The highest BCUT2D eigenvalue weighted by Crippen LogP contribution is 2.22. The van der Waals surface area contributed by atoms with Crippen molar-refractivity contribution < 1.29 is 8.78 Å². The Kier molecular flexibility index (Phi) is 4.78. The normalized spacial score (nSPS) is 10.8. The smallest absolute Gasteiger partial charge is 0.232 e. The summed E-state index contributed by atoms with van der Waals surface area (Å²) in [6.07, 6.45) is 1.32. The lowest BCUT2D eigenvalue weighted by molar-refractivity contribution is 0.584. The quantitative estimate of drug-likeness (QED) is 0.687. The van der Waals surface area contributed by atoms with Crippen LogP contribution in [0.15, 0.2) is 42.6 Å². The van der Waals surface area contributed by atoms with E-state index in [1.807, 2.05) is 13.8 Å². The van der Waals surface area contributed by atoms with E-state index in [4.69, 9.17) is 0 Å². The Bertz CT molecular complexity index is 867. The summed E-state index contributed by atoms with van der Waals surface area (Å²) in [4.78, 5) is 16.3. The Morgan fingerprint density at radius 3 is 2.36 bits per heavy atom. The molecule has 8 heteroatoms. The fourth-order valence-electron chi connectivity index (χ4n) is 2.10. The number of halogens is 2. The SMILES string of the molecule is CC(C)Nc1nc(Nc2ccc(F)nc2)nc(-c2ccccc2F)n1. The van der Waals surface area contributed by atoms with Crippen LogP contribution in [0.5, 0.6) is 0 Å². The highest BCUT2D eigenvalue weighted by atomic mass is 19.1. The van der Waals surface area contributed by atoms with Crippen molar-refractivity contribution in [3.8, 4) is 11.4 Å². The lowest BCUT2D eigenvalue weighted by Crippen LogP contribution is -2.14. The van der Waals surface area contributed by atoms with E-state index in [9.17, 15) is 8.78 Å². The topological polar surface area (TPSA) is 75.6 Å². The molecule has 0 aliphatic heterocycles. The summed E-state index contributed by atoms with van der Waals surface area (Å²) in [5, 5.41) is 5.99. The molecule has 1 aromatic carbocycles. The van der Waals surface area contributed by atoms with Gasteiger partial charge in [0.15, 0.2) is 5.82 Å². The molecule has 0 bridgehead atoms. The standard InChI is InChI=1S/C17H16F2N6/c1-10(2)21-16-23-15(12-5-3-4-6-13(12)18)24-17(25-16)22-11-7-8-14(19)20-9-11/h3-10H,1-2H3,(H2,21,22,23,24,25). The number of hydrogen-bond acceptors (Lipinski definition) is 6. The van der Waals surface area contributed by atoms with Gasteiger partial charge in [0.05, 0.1) is 17.4 Å². The van der Waals surface area contributed by atoms with Crippen LogP contribution in [-0.4, -0.2) is 26.0 Å². The van der Waals surface area contributed by atoms with Gasteiger partial charge in [-0.1, -0.05) is 12.1 Å². The first kappa shape index (κ1) is 16.7. The van der Waals surface area contributed by atoms with Gasteiger partial charge in [0.1, 0.15) is 5.82 Å². The van der Waals surface area contributed by atoms with Gasteiger partial charge >= 0.3 is 0 Å². The molecule has 0 aliphatic carbocycles. The summed E-state index contributed by atoms with van der Waals surface area (Å²) in [6.45, 7) is 3.87. The molecule has 2 aromatic heterocycles. The Hall–Kier alpha value is -3.16. The van der Waals surface area contributed by atoms with Crippen molar-refractivity contribution in [3.05, 3.63) is 54.4 Å². The highest BCUT2D eigenvalue weighted by Gasteiger charge is 2.13. The maximum atomic E-state index is 14.1. The van der Waals surface area contributed by atoms with Gasteiger partial charge in [0.25, 0.3) is 0 Å². The molecule has 0 radical (unpaired) electrons. The molecular formula is C17H16F2N6. The number of nitrogens with zero attached hydrogens (tertiary/aromatic N) is 4. The van der Waals surface area contributed by atoms with E-state index in [0.717, 1.165) is 0 Å². The van der Waals surface area contributed by atoms with Crippen LogP contribution in [0.2, 0.25) is 0 Å². The largest absolute Gasteiger partial charge is 0.352 e. The maximum absolute atomic E-state index is 14.1. The molecule has 0 atom stereocenters. The van der Waals surface area contributed by atoms with E-state index in [0.29, 0.717) is 11.6 Å². The fourth-order valence-corrected chi connectivity index (χ4v) is 2.10. The van der Waals surface area contributed by atoms with Gasteiger partial charge in [-0.2, -0.15) is 19.3 Å². The summed E-state index contributed by atoms with van der Waals surface area (Å²) in [5.41, 5.74) is 0.763. The van der Waals surface area contributed by atoms with E-state index in [-0.39, 0.29) is 23.4 Å². The van der Waals surface area contributed by atoms with E-state index in [1.54, 1.807) is 18.2 Å². The van der Waals surface area contributed by atoms with E-state index >= 15 is 0 Å². The van der Waals surface area contributed by atoms with Crippen LogP contribution >= 0.6 is 0 Å². The van der Waals surface area contributed by atoms with E-state index < -0.39 is 11.8 Å². The minimum atomic E-state index is -0.588. The number of aromatic nitrogens is 4. The molecule has 0 saturated heterocycles. The minimum absolute atomic E-state index is 0.0798. The van der Waals surface area contributed by atoms with E-state index in [2.05, 4.69) is 30.6 Å². The first-order valence-corrected chi connectivity index (χ1v) is 7.67. The van der Waals surface area contributed by atoms with Crippen molar-refractivity contribution in [1.82, 2.24) is 19.9 Å². The third-order valence-corrected chi connectivity index (χ3v) is 3.15. The van der Waals surface area contributed by atoms with Crippen molar-refractivity contribution in [3.63, 3.8) is 0 Å². The first-order chi connectivity index (χ1) is 12.0. The molecule has 0 amide bonds. The Morgan fingerprint density at radius 2 is 1.68 bits per heavy atom. The summed E-state index contributed by atoms with van der Waals surface area (Å²) in [5.74, 6) is -0.326. The molecule has 0 spiro atoms. The molecule has 2 heterocycles. The number of benzene rings is 1. The van der Waals surface area contributed by atoms with Crippen LogP contribution in [0.25, 0.3) is 11.4 Å². The summed E-state index contributed by atoms with van der Waals surface area (Å²) in [6, 6.07) is 9.03. The van der Waals surface area contributed by atoms with Gasteiger partial charge in [-0.05, 0) is 38.1 Å². The Labute approximate surface area is 143 Å². The average molecular weight is 342 g/mol. The molecule has 0 unspecified atom stereocenters. The number of anilines is 3. The number of rotatable bonds is 5. The van der Waals surface area contributed by atoms with Crippen LogP contribution in [0, 0.1) is 11.8 Å². The third kappa shape index (κ3) is 4.23. The summed E-state index contributed by atoms with van der Waals surface area (Å²) >= 11 is 0. The first-order valence-electron chi connectivity index (χ1n) is 7.67. The second-order valence-corrected chi connectivity index (χ2v) is 5.58. The van der Waals surface area contributed by atoms with Crippen LogP contribution in [0.4, 0.5) is 26.4 Å². The van der Waals surface area contributed by atoms with Crippen molar-refractivity contribution in [2.75, 3.05) is 10.6 Å². The fraction of sp³-hybridized carbons (Fsp3) is 0.176. The van der Waals surface area contributed by atoms with Gasteiger partial charge in [0, 0.05) is 6.04 Å². The number of nitrogens with one attached hydrogen (secondary N) is 2. The lowest BCUT2D eigenvalue weighted by Gasteiger charge is -2.12. The zero-order valence-corrected chi connectivity index (χ0v) is 13.7. The maximum Gasteiger partial charge on any atom is 0.232 e. The molecule has 128 valence electrons. The Balaban J connectivity index is 2.00. The second-order valence-electron chi connectivity index (χ2n) is 5.58. The van der Waals surface area contributed by atoms with E-state index in [1.165, 1.54) is 24.4 Å². The second kappa shape index (κ2) is 7.16. The van der Waals surface area contributed by atoms with Crippen molar-refractivity contribution in [1.29, 1.82) is 0 Å². The zero-order chi connectivity index (χ0) is 17.8. The van der Waals surface area contributed by atoms with Gasteiger partial charge in [-0.25, -0.2) is 9.37 Å². The molecule has 0 fully saturated rings. The van der Waals surface area contributed by atoms with Crippen molar-refractivity contribution in [2.24, 2.45) is 0 Å². The van der Waals surface area contributed by atoms with Crippen LogP contribution < -0.4 is 10.6 Å². The highest BCUT2D eigenvalue weighted by molar-refractivity contribution is 5.61. The summed E-state index contributed by atoms with van der Waals surface area (Å²) in [7, 11) is 0. The molecule has 0 aliphatic rings. The summed E-state index contributed by atoms with van der Waals surface area (Å²) < 4.78 is 27.0. The molecule has 3 aromatic rings. The average Bonchev–Trinajstić information content (AvgIpc) is 2.56. The zero-order valence-electron chi connectivity index (χ0n) is 13.7. The van der Waals surface area contributed by atoms with Crippen LogP contribution in [0.1, 0.15) is 13.8 Å². The van der Waals surface area contributed by atoms with Gasteiger partial charge in [0.2, 0.25) is 17.8 Å². The van der Waals surface area contributed by atoms with Gasteiger partial charge in [-0.15, -0.1) is 0 Å². The molecule has 0 saturated carbocycles. The van der Waals surface area contributed by atoms with Crippen molar-refractivity contribution >= 4 is 17.6 Å². The number of hydrogen-bond donors (Lipinski definition) is 2. The predicted octanol–water partition coefficient (Wildman–Crippen LogP) is 3.78. The van der Waals surface area contributed by atoms with Crippen LogP contribution in [0.3, 0.4) is 0 Å². The van der Waals surface area contributed by atoms with Crippen molar-refractivity contribution in [2.45, 2.75) is 19.9 Å². The molecule has 2 N–H and O–H groups in total. The van der Waals surface area contributed by atoms with Gasteiger partial charge < -0.3 is 10.6 Å². The molecule has 6 nitrogen and oxygen atoms in total. The molecular weight excluding hydrogens is 326 g/mol. The predicted molar refractivity (Wildman–Crippen MR) is 91.5 cm³/mol. The monoisotopic (exact) mass is 342 g/mol. The molecule has 25 heavy (non-hydrogen) atoms. The van der Waals surface area contributed by atoms with Crippen LogP contribution in [-0.2, 0) is 0 Å². The Morgan fingerprint density at radius 1 is 0.920 bits per heavy atom. The lowest BCUT2D eigenvalue weighted by atomic mass is 10.2. The molecule has 3 rings (SSSR count). The minimum Gasteiger partial charge on any atom is -0.352 e. The number of pyridine rings is 1.